The fourth-order valence-electron chi connectivity index (χ4n) is 4.11. The fourth-order valence-corrected chi connectivity index (χ4v) is 4.11. The Labute approximate surface area is 181 Å². The first kappa shape index (κ1) is 20.2. The molecule has 0 heterocycles. The summed E-state index contributed by atoms with van der Waals surface area (Å²) < 4.78 is 0. The maximum absolute atomic E-state index is 2.45. The van der Waals surface area contributed by atoms with E-state index in [1.807, 2.05) is 13.8 Å². The van der Waals surface area contributed by atoms with Crippen LogP contribution in [0.15, 0.2) is 103 Å². The third-order valence-corrected chi connectivity index (χ3v) is 6.10. The van der Waals surface area contributed by atoms with Crippen LogP contribution in [0.4, 0.5) is 0 Å². The predicted molar refractivity (Wildman–Crippen MR) is 131 cm³/mol. The molecule has 0 aliphatic heterocycles. The van der Waals surface area contributed by atoms with E-state index < -0.39 is 0 Å². The summed E-state index contributed by atoms with van der Waals surface area (Å²) in [6.07, 6.45) is 10.7. The molecule has 5 rings (SSSR count). The third-order valence-electron chi connectivity index (χ3n) is 6.10. The molecule has 0 N–H and O–H groups in total. The highest BCUT2D eigenvalue weighted by atomic mass is 14.5. The minimum absolute atomic E-state index is 0.437. The number of allylic oxidation sites excluding steroid dienone is 4. The molecule has 150 valence electrons. The Kier molecular flexibility index (Phi) is 5.86. The van der Waals surface area contributed by atoms with Crippen molar-refractivity contribution in [3.8, 4) is 0 Å². The Hall–Kier alpha value is -3.12. The molecule has 0 aromatic heterocycles. The summed E-state index contributed by atoms with van der Waals surface area (Å²) in [5.41, 5.74) is 8.06. The van der Waals surface area contributed by atoms with Crippen molar-refractivity contribution in [2.45, 2.75) is 27.2 Å². The van der Waals surface area contributed by atoms with Gasteiger partial charge < -0.3 is 0 Å². The maximum Gasteiger partial charge on any atom is -0.00739 e. The van der Waals surface area contributed by atoms with Crippen molar-refractivity contribution < 1.29 is 0 Å². The average Bonchev–Trinajstić information content (AvgIpc) is 3.51. The molecule has 0 radical (unpaired) electrons. The first-order valence-electron chi connectivity index (χ1n) is 11.1. The van der Waals surface area contributed by atoms with Crippen molar-refractivity contribution in [3.63, 3.8) is 0 Å². The van der Waals surface area contributed by atoms with E-state index in [2.05, 4.69) is 116 Å². The van der Waals surface area contributed by atoms with Crippen molar-refractivity contribution in [1.82, 2.24) is 0 Å². The monoisotopic (exact) mass is 390 g/mol. The molecule has 3 aromatic rings. The molecule has 0 nitrogen and oxygen atoms in total. The SMILES string of the molecule is CC.CC12C=CC(c3ccc(C=C(c4ccccc4)c4ccccc4)cc3)=CC1C2. The van der Waals surface area contributed by atoms with E-state index in [1.54, 1.807) is 0 Å². The Morgan fingerprint density at radius 1 is 0.800 bits per heavy atom. The van der Waals surface area contributed by atoms with E-state index in [0.717, 1.165) is 5.92 Å². The Balaban J connectivity index is 0.00000106. The van der Waals surface area contributed by atoms with Crippen molar-refractivity contribution in [2.24, 2.45) is 11.3 Å². The molecule has 2 aliphatic rings. The van der Waals surface area contributed by atoms with Gasteiger partial charge in [0, 0.05) is 0 Å². The molecule has 2 unspecified atom stereocenters. The van der Waals surface area contributed by atoms with E-state index >= 15 is 0 Å². The zero-order valence-corrected chi connectivity index (χ0v) is 18.2. The van der Waals surface area contributed by atoms with E-state index in [9.17, 15) is 0 Å². The summed E-state index contributed by atoms with van der Waals surface area (Å²) in [4.78, 5) is 0. The average molecular weight is 391 g/mol. The van der Waals surface area contributed by atoms with E-state index in [1.165, 1.54) is 39.8 Å². The Bertz CT molecular complexity index is 1020. The van der Waals surface area contributed by atoms with Crippen LogP contribution in [0, 0.1) is 11.3 Å². The molecule has 1 fully saturated rings. The second-order valence-corrected chi connectivity index (χ2v) is 8.18. The second-order valence-electron chi connectivity index (χ2n) is 8.18. The summed E-state index contributed by atoms with van der Waals surface area (Å²) in [6.45, 7) is 6.35. The number of benzene rings is 3. The lowest BCUT2D eigenvalue weighted by molar-refractivity contribution is 0.692. The van der Waals surface area contributed by atoms with Gasteiger partial charge in [-0.25, -0.2) is 0 Å². The lowest BCUT2D eigenvalue weighted by atomic mass is 9.92. The number of fused-ring (bicyclic) bond motifs is 1. The molecule has 30 heavy (non-hydrogen) atoms. The summed E-state index contributed by atoms with van der Waals surface area (Å²) >= 11 is 0. The number of rotatable bonds is 4. The standard InChI is InChI=1S/C28H24.C2H6/c1-28-17-16-25(19-26(28)20-28)22-14-12-21(13-15-22)18-27(23-8-4-2-5-9-23)24-10-6-3-7-11-24;1-2/h2-19,26H,20H2,1H3;1-2H3. The molecule has 2 atom stereocenters. The van der Waals surface area contributed by atoms with Gasteiger partial charge in [-0.15, -0.1) is 0 Å². The highest BCUT2D eigenvalue weighted by Gasteiger charge is 2.47. The smallest absolute Gasteiger partial charge is 0.00739 e. The first-order valence-corrected chi connectivity index (χ1v) is 11.1. The van der Waals surface area contributed by atoms with Gasteiger partial charge in [-0.3, -0.25) is 0 Å². The third kappa shape index (κ3) is 4.24. The van der Waals surface area contributed by atoms with Crippen LogP contribution in [-0.2, 0) is 0 Å². The molecule has 3 aromatic carbocycles. The van der Waals surface area contributed by atoms with E-state index in [4.69, 9.17) is 0 Å². The largest absolute Gasteiger partial charge is 0.0774 e. The van der Waals surface area contributed by atoms with Crippen molar-refractivity contribution in [2.75, 3.05) is 0 Å². The fraction of sp³-hybridized carbons (Fsp3) is 0.200. The van der Waals surface area contributed by atoms with E-state index in [-0.39, 0.29) is 0 Å². The zero-order valence-electron chi connectivity index (χ0n) is 18.2. The number of hydrogen-bond donors (Lipinski definition) is 0. The van der Waals surface area contributed by atoms with Crippen LogP contribution in [0.2, 0.25) is 0 Å². The predicted octanol–water partition coefficient (Wildman–Crippen LogP) is 8.28. The van der Waals surface area contributed by atoms with Crippen LogP contribution in [-0.4, -0.2) is 0 Å². The molecule has 2 aliphatic carbocycles. The Morgan fingerprint density at radius 3 is 1.90 bits per heavy atom. The second kappa shape index (κ2) is 8.71. The summed E-state index contributed by atoms with van der Waals surface area (Å²) in [5, 5.41) is 0. The van der Waals surface area contributed by atoms with Crippen molar-refractivity contribution in [3.05, 3.63) is 125 Å². The van der Waals surface area contributed by atoms with Gasteiger partial charge in [-0.1, -0.05) is 124 Å². The number of hydrogen-bond acceptors (Lipinski definition) is 0. The topological polar surface area (TPSA) is 0 Å². The van der Waals surface area contributed by atoms with Gasteiger partial charge in [0.15, 0.2) is 0 Å². The molecule has 0 saturated heterocycles. The minimum Gasteiger partial charge on any atom is -0.0774 e. The molecule has 0 amide bonds. The van der Waals surface area contributed by atoms with Gasteiger partial charge in [0.25, 0.3) is 0 Å². The lowest BCUT2D eigenvalue weighted by Crippen LogP contribution is -1.97. The van der Waals surface area contributed by atoms with Crippen LogP contribution >= 0.6 is 0 Å². The van der Waals surface area contributed by atoms with Gasteiger partial charge in [-0.05, 0) is 57.2 Å². The molecule has 1 saturated carbocycles. The normalized spacial score (nSPS) is 20.9. The van der Waals surface area contributed by atoms with Gasteiger partial charge in [-0.2, -0.15) is 0 Å². The molecule has 0 spiro atoms. The summed E-state index contributed by atoms with van der Waals surface area (Å²) in [7, 11) is 0. The van der Waals surface area contributed by atoms with Gasteiger partial charge >= 0.3 is 0 Å². The highest BCUT2D eigenvalue weighted by Crippen LogP contribution is 2.57. The molecule has 0 heteroatoms. The van der Waals surface area contributed by atoms with Crippen LogP contribution in [0.5, 0.6) is 0 Å². The van der Waals surface area contributed by atoms with Gasteiger partial charge in [0.2, 0.25) is 0 Å². The van der Waals surface area contributed by atoms with Crippen LogP contribution < -0.4 is 0 Å². The lowest BCUT2D eigenvalue weighted by Gasteiger charge is -2.12. The summed E-state index contributed by atoms with van der Waals surface area (Å²) in [6, 6.07) is 30.2. The molecular formula is C30H30. The minimum atomic E-state index is 0.437. The van der Waals surface area contributed by atoms with Crippen LogP contribution in [0.25, 0.3) is 17.2 Å². The van der Waals surface area contributed by atoms with Crippen LogP contribution in [0.3, 0.4) is 0 Å². The first-order chi connectivity index (χ1) is 14.7. The molecule has 0 bridgehead atoms. The molecular weight excluding hydrogens is 360 g/mol. The van der Waals surface area contributed by atoms with Crippen LogP contribution in [0.1, 0.15) is 49.4 Å². The Morgan fingerprint density at radius 2 is 1.37 bits per heavy atom. The zero-order chi connectivity index (χ0) is 21.0. The highest BCUT2D eigenvalue weighted by molar-refractivity contribution is 5.91. The maximum atomic E-state index is 2.45. The van der Waals surface area contributed by atoms with Gasteiger partial charge in [0.05, 0.1) is 0 Å². The van der Waals surface area contributed by atoms with Crippen molar-refractivity contribution >= 4 is 17.2 Å². The summed E-state index contributed by atoms with van der Waals surface area (Å²) in [5.74, 6) is 0.731. The van der Waals surface area contributed by atoms with Gasteiger partial charge in [0.1, 0.15) is 0 Å². The van der Waals surface area contributed by atoms with E-state index in [0.29, 0.717) is 5.41 Å². The van der Waals surface area contributed by atoms with Crippen molar-refractivity contribution in [1.29, 1.82) is 0 Å². The quantitative estimate of drug-likeness (QED) is 0.393.